The predicted molar refractivity (Wildman–Crippen MR) is 81.2 cm³/mol. The van der Waals surface area contributed by atoms with Gasteiger partial charge in [-0.2, -0.15) is 0 Å². The number of benzene rings is 2. The number of aryl methyl sites for hydroxylation is 1. The summed E-state index contributed by atoms with van der Waals surface area (Å²) in [4.78, 5) is 0. The Bertz CT molecular complexity index is 580. The monoisotopic (exact) mass is 341 g/mol. The topological polar surface area (TPSA) is 12.0 Å². The maximum absolute atomic E-state index is 13.4. The van der Waals surface area contributed by atoms with Crippen LogP contribution in [0.5, 0.6) is 0 Å². The molecule has 0 aromatic heterocycles. The van der Waals surface area contributed by atoms with Crippen molar-refractivity contribution < 1.29 is 4.39 Å². The molecule has 2 aromatic rings. The fraction of sp³-hybridized carbons (Fsp3) is 0.200. The van der Waals surface area contributed by atoms with E-state index in [9.17, 15) is 4.39 Å². The molecule has 100 valence electrons. The lowest BCUT2D eigenvalue weighted by atomic mass is 9.97. The summed E-state index contributed by atoms with van der Waals surface area (Å²) in [7, 11) is 1.84. The van der Waals surface area contributed by atoms with E-state index in [-0.39, 0.29) is 11.9 Å². The van der Waals surface area contributed by atoms with E-state index in [1.165, 1.54) is 12.1 Å². The van der Waals surface area contributed by atoms with Crippen molar-refractivity contribution >= 4 is 27.5 Å². The summed E-state index contributed by atoms with van der Waals surface area (Å²) in [5.74, 6) is -0.286. The largest absolute Gasteiger partial charge is 0.309 e. The van der Waals surface area contributed by atoms with Crippen molar-refractivity contribution in [2.24, 2.45) is 0 Å². The normalized spacial score (nSPS) is 12.5. The Labute approximate surface area is 125 Å². The first-order chi connectivity index (χ1) is 9.01. The van der Waals surface area contributed by atoms with E-state index < -0.39 is 0 Å². The molecule has 0 aliphatic heterocycles. The molecule has 0 aliphatic rings. The molecule has 0 fully saturated rings. The molecule has 0 bridgehead atoms. The van der Waals surface area contributed by atoms with Gasteiger partial charge in [0.15, 0.2) is 0 Å². The molecule has 2 rings (SSSR count). The maximum atomic E-state index is 13.4. The lowest BCUT2D eigenvalue weighted by Gasteiger charge is -2.19. The smallest absolute Gasteiger partial charge is 0.123 e. The molecule has 1 unspecified atom stereocenters. The molecule has 0 saturated heterocycles. The van der Waals surface area contributed by atoms with Gasteiger partial charge in [0, 0.05) is 9.50 Å². The highest BCUT2D eigenvalue weighted by Crippen LogP contribution is 2.30. The fourth-order valence-electron chi connectivity index (χ4n) is 2.17. The Balaban J connectivity index is 2.52. The van der Waals surface area contributed by atoms with Crippen LogP contribution in [-0.2, 0) is 0 Å². The summed E-state index contributed by atoms with van der Waals surface area (Å²) >= 11 is 9.66. The summed E-state index contributed by atoms with van der Waals surface area (Å²) in [6.07, 6.45) is 0. The first-order valence-corrected chi connectivity index (χ1v) is 7.07. The molecule has 4 heteroatoms. The summed E-state index contributed by atoms with van der Waals surface area (Å²) in [6.45, 7) is 2.02. The Hall–Kier alpha value is -0.900. The number of rotatable bonds is 3. The molecule has 0 spiro atoms. The van der Waals surface area contributed by atoms with E-state index in [1.807, 2.05) is 26.1 Å². The molecular weight excluding hydrogens is 329 g/mol. The minimum Gasteiger partial charge on any atom is -0.309 e. The predicted octanol–water partition coefficient (Wildman–Crippen LogP) is 4.86. The van der Waals surface area contributed by atoms with Crippen LogP contribution in [-0.4, -0.2) is 7.05 Å². The number of halogens is 3. The molecule has 1 nitrogen and oxygen atoms in total. The number of nitrogens with one attached hydrogen (secondary N) is 1. The third-order valence-corrected chi connectivity index (χ3v) is 3.76. The zero-order valence-electron chi connectivity index (χ0n) is 10.7. The quantitative estimate of drug-likeness (QED) is 0.840. The maximum Gasteiger partial charge on any atom is 0.123 e. The lowest BCUT2D eigenvalue weighted by molar-refractivity contribution is 0.616. The molecule has 2 aromatic carbocycles. The zero-order valence-corrected chi connectivity index (χ0v) is 13.0. The van der Waals surface area contributed by atoms with E-state index in [1.54, 1.807) is 6.07 Å². The van der Waals surface area contributed by atoms with Crippen molar-refractivity contribution in [3.8, 4) is 0 Å². The first-order valence-electron chi connectivity index (χ1n) is 5.90. The second kappa shape index (κ2) is 6.04. The number of hydrogen-bond acceptors (Lipinski definition) is 1. The van der Waals surface area contributed by atoms with E-state index in [0.717, 1.165) is 21.2 Å². The third kappa shape index (κ3) is 3.35. The van der Waals surface area contributed by atoms with Crippen LogP contribution in [0.3, 0.4) is 0 Å². The zero-order chi connectivity index (χ0) is 14.0. The van der Waals surface area contributed by atoms with Crippen molar-refractivity contribution in [2.75, 3.05) is 7.05 Å². The molecule has 0 amide bonds. The standard InChI is InChI=1S/C15H14BrClFN/c1-9-5-10(7-11(16)6-9)15(19-2)13-8-12(18)3-4-14(13)17/h3-8,15,19H,1-2H3. The molecule has 0 radical (unpaired) electrons. The van der Waals surface area contributed by atoms with Gasteiger partial charge < -0.3 is 5.32 Å². The van der Waals surface area contributed by atoms with Crippen molar-refractivity contribution in [1.29, 1.82) is 0 Å². The van der Waals surface area contributed by atoms with Gasteiger partial charge in [0.2, 0.25) is 0 Å². The van der Waals surface area contributed by atoms with Gasteiger partial charge in [-0.3, -0.25) is 0 Å². The van der Waals surface area contributed by atoms with Gasteiger partial charge in [-0.25, -0.2) is 4.39 Å². The second-order valence-electron chi connectivity index (χ2n) is 4.45. The molecular formula is C15H14BrClFN. The van der Waals surface area contributed by atoms with Gasteiger partial charge in [-0.05, 0) is 61.0 Å². The van der Waals surface area contributed by atoms with Crippen LogP contribution in [0.2, 0.25) is 5.02 Å². The van der Waals surface area contributed by atoms with Gasteiger partial charge >= 0.3 is 0 Å². The molecule has 19 heavy (non-hydrogen) atoms. The average Bonchev–Trinajstić information content (AvgIpc) is 2.33. The van der Waals surface area contributed by atoms with Crippen molar-refractivity contribution in [1.82, 2.24) is 5.32 Å². The summed E-state index contributed by atoms with van der Waals surface area (Å²) in [5.41, 5.74) is 2.92. The minimum absolute atomic E-state index is 0.139. The van der Waals surface area contributed by atoms with Gasteiger partial charge in [-0.15, -0.1) is 0 Å². The Kier molecular flexibility index (Phi) is 4.61. The van der Waals surface area contributed by atoms with Gasteiger partial charge in [0.1, 0.15) is 5.82 Å². The van der Waals surface area contributed by atoms with Gasteiger partial charge in [0.05, 0.1) is 6.04 Å². The first kappa shape index (κ1) is 14.5. The van der Waals surface area contributed by atoms with E-state index >= 15 is 0 Å². The van der Waals surface area contributed by atoms with Crippen LogP contribution >= 0.6 is 27.5 Å². The highest BCUT2D eigenvalue weighted by Gasteiger charge is 2.16. The lowest BCUT2D eigenvalue weighted by Crippen LogP contribution is -2.18. The highest BCUT2D eigenvalue weighted by atomic mass is 79.9. The molecule has 0 aliphatic carbocycles. The van der Waals surface area contributed by atoms with Crippen LogP contribution in [0.25, 0.3) is 0 Å². The van der Waals surface area contributed by atoms with Crippen molar-refractivity contribution in [2.45, 2.75) is 13.0 Å². The molecule has 0 saturated carbocycles. The van der Waals surface area contributed by atoms with Crippen LogP contribution in [0, 0.1) is 12.7 Å². The Morgan fingerprint density at radius 1 is 1.21 bits per heavy atom. The second-order valence-corrected chi connectivity index (χ2v) is 5.77. The third-order valence-electron chi connectivity index (χ3n) is 2.96. The summed E-state index contributed by atoms with van der Waals surface area (Å²) < 4.78 is 14.4. The fourth-order valence-corrected chi connectivity index (χ4v) is 3.02. The highest BCUT2D eigenvalue weighted by molar-refractivity contribution is 9.10. The summed E-state index contributed by atoms with van der Waals surface area (Å²) in [6, 6.07) is 10.4. The molecule has 1 atom stereocenters. The minimum atomic E-state index is -0.286. The van der Waals surface area contributed by atoms with E-state index in [2.05, 4.69) is 27.3 Å². The van der Waals surface area contributed by atoms with Crippen LogP contribution in [0.1, 0.15) is 22.7 Å². The SMILES string of the molecule is CNC(c1cc(C)cc(Br)c1)c1cc(F)ccc1Cl. The van der Waals surface area contributed by atoms with Crippen molar-refractivity contribution in [3.05, 3.63) is 68.4 Å². The van der Waals surface area contributed by atoms with E-state index in [4.69, 9.17) is 11.6 Å². The van der Waals surface area contributed by atoms with Crippen molar-refractivity contribution in [3.63, 3.8) is 0 Å². The summed E-state index contributed by atoms with van der Waals surface area (Å²) in [5, 5.41) is 3.74. The number of hydrogen-bond donors (Lipinski definition) is 1. The average molecular weight is 343 g/mol. The van der Waals surface area contributed by atoms with Crippen LogP contribution < -0.4 is 5.32 Å². The van der Waals surface area contributed by atoms with E-state index in [0.29, 0.717) is 5.02 Å². The molecule has 1 N–H and O–H groups in total. The van der Waals surface area contributed by atoms with Gasteiger partial charge in [0.25, 0.3) is 0 Å². The van der Waals surface area contributed by atoms with Crippen LogP contribution in [0.15, 0.2) is 40.9 Å². The Morgan fingerprint density at radius 2 is 1.95 bits per heavy atom. The Morgan fingerprint density at radius 3 is 2.58 bits per heavy atom. The molecule has 0 heterocycles. The van der Waals surface area contributed by atoms with Crippen LogP contribution in [0.4, 0.5) is 4.39 Å². The van der Waals surface area contributed by atoms with Gasteiger partial charge in [-0.1, -0.05) is 33.6 Å².